The highest BCUT2D eigenvalue weighted by Gasteiger charge is 2.47. The molecule has 0 saturated heterocycles. The van der Waals surface area contributed by atoms with E-state index in [0.717, 1.165) is 31.6 Å². The van der Waals surface area contributed by atoms with Crippen molar-refractivity contribution in [3.05, 3.63) is 35.9 Å². The van der Waals surface area contributed by atoms with E-state index in [1.54, 1.807) is 0 Å². The summed E-state index contributed by atoms with van der Waals surface area (Å²) in [6.07, 6.45) is 7.83. The van der Waals surface area contributed by atoms with E-state index in [0.29, 0.717) is 17.6 Å². The molecule has 0 N–H and O–H groups in total. The molecule has 23 heavy (non-hydrogen) atoms. The maximum absolute atomic E-state index is 12.6. The van der Waals surface area contributed by atoms with Crippen LogP contribution in [0.1, 0.15) is 71.8 Å². The highest BCUT2D eigenvalue weighted by Crippen LogP contribution is 2.48. The Bertz CT molecular complexity index is 490. The first-order valence-corrected chi connectivity index (χ1v) is 9.50. The number of hydrogen-bond acceptors (Lipinski definition) is 1. The molecule has 0 heterocycles. The summed E-state index contributed by atoms with van der Waals surface area (Å²) in [4.78, 5) is 12.6. The molecule has 3 atom stereocenters. The van der Waals surface area contributed by atoms with Gasteiger partial charge in [-0.15, -0.1) is 0 Å². The quantitative estimate of drug-likeness (QED) is 0.569. The van der Waals surface area contributed by atoms with Crippen LogP contribution in [0.15, 0.2) is 30.3 Å². The van der Waals surface area contributed by atoms with Gasteiger partial charge in [0.05, 0.1) is 0 Å². The van der Waals surface area contributed by atoms with Crippen molar-refractivity contribution in [2.45, 2.75) is 72.6 Å². The van der Waals surface area contributed by atoms with E-state index in [2.05, 4.69) is 58.0 Å². The lowest BCUT2D eigenvalue weighted by Crippen LogP contribution is -2.33. The van der Waals surface area contributed by atoms with Crippen molar-refractivity contribution >= 4 is 5.78 Å². The average molecular weight is 315 g/mol. The molecule has 0 unspecified atom stereocenters. The minimum absolute atomic E-state index is 0.104. The lowest BCUT2D eigenvalue weighted by atomic mass is 9.69. The summed E-state index contributed by atoms with van der Waals surface area (Å²) in [5.41, 5.74) is 1.26. The molecule has 128 valence electrons. The van der Waals surface area contributed by atoms with E-state index in [-0.39, 0.29) is 5.41 Å². The van der Waals surface area contributed by atoms with Crippen molar-refractivity contribution in [2.24, 2.45) is 23.2 Å². The average Bonchev–Trinajstić information content (AvgIpc) is 2.82. The second-order valence-electron chi connectivity index (χ2n) is 8.27. The molecular weight excluding hydrogens is 280 g/mol. The fourth-order valence-corrected chi connectivity index (χ4v) is 4.43. The summed E-state index contributed by atoms with van der Waals surface area (Å²) >= 11 is 0. The summed E-state index contributed by atoms with van der Waals surface area (Å²) in [6.45, 7) is 9.22. The number of Topliss-reactive ketones (excluding diaryl/α,β-unsaturated/α-hetero) is 1. The molecule has 0 amide bonds. The van der Waals surface area contributed by atoms with Crippen molar-refractivity contribution in [3.63, 3.8) is 0 Å². The maximum Gasteiger partial charge on any atom is 0.139 e. The van der Waals surface area contributed by atoms with Crippen LogP contribution < -0.4 is 0 Å². The highest BCUT2D eigenvalue weighted by atomic mass is 16.1. The first kappa shape index (κ1) is 18.2. The molecule has 0 aromatic heterocycles. The van der Waals surface area contributed by atoms with E-state index in [1.807, 2.05) is 0 Å². The number of aryl methyl sites for hydroxylation is 1. The first-order valence-electron chi connectivity index (χ1n) is 9.50. The summed E-state index contributed by atoms with van der Waals surface area (Å²) in [6, 6.07) is 10.6. The van der Waals surface area contributed by atoms with Crippen LogP contribution >= 0.6 is 0 Å². The second kappa shape index (κ2) is 8.13. The van der Waals surface area contributed by atoms with Gasteiger partial charge in [-0.2, -0.15) is 0 Å². The number of ketones is 1. The standard InChI is InChI=1S/C22H34O/c1-17(2)9-8-10-18(3)20-13-14-21(23)22(20,4)16-15-19-11-6-5-7-12-19/h5-7,11-12,17-18,20H,8-10,13-16H2,1-4H3/t18-,20-,22-/m1/s1. The van der Waals surface area contributed by atoms with Crippen molar-refractivity contribution in [2.75, 3.05) is 0 Å². The lowest BCUT2D eigenvalue weighted by Gasteiger charge is -2.34. The highest BCUT2D eigenvalue weighted by molar-refractivity contribution is 5.87. The molecule has 0 bridgehead atoms. The van der Waals surface area contributed by atoms with Crippen LogP contribution in [-0.2, 0) is 11.2 Å². The monoisotopic (exact) mass is 314 g/mol. The minimum atomic E-state index is -0.104. The van der Waals surface area contributed by atoms with Gasteiger partial charge in [-0.05, 0) is 42.6 Å². The third-order valence-electron chi connectivity index (χ3n) is 6.04. The largest absolute Gasteiger partial charge is 0.299 e. The van der Waals surface area contributed by atoms with Gasteiger partial charge in [0.25, 0.3) is 0 Å². The van der Waals surface area contributed by atoms with Gasteiger partial charge in [0.15, 0.2) is 0 Å². The molecule has 0 radical (unpaired) electrons. The molecule has 1 aromatic carbocycles. The first-order chi connectivity index (χ1) is 10.9. The summed E-state index contributed by atoms with van der Waals surface area (Å²) in [7, 11) is 0. The molecule has 0 aliphatic heterocycles. The molecule has 1 aromatic rings. The zero-order chi connectivity index (χ0) is 16.9. The molecular formula is C22H34O. The number of hydrogen-bond donors (Lipinski definition) is 0. The molecule has 1 aliphatic carbocycles. The maximum atomic E-state index is 12.6. The Labute approximate surface area is 142 Å². The van der Waals surface area contributed by atoms with Gasteiger partial charge in [-0.25, -0.2) is 0 Å². The summed E-state index contributed by atoms with van der Waals surface area (Å²) in [5, 5.41) is 0. The van der Waals surface area contributed by atoms with Gasteiger partial charge < -0.3 is 0 Å². The third kappa shape index (κ3) is 4.68. The number of benzene rings is 1. The molecule has 1 nitrogen and oxygen atoms in total. The third-order valence-corrected chi connectivity index (χ3v) is 6.04. The summed E-state index contributed by atoms with van der Waals surface area (Å²) < 4.78 is 0. The van der Waals surface area contributed by atoms with Crippen molar-refractivity contribution in [1.29, 1.82) is 0 Å². The van der Waals surface area contributed by atoms with E-state index < -0.39 is 0 Å². The Balaban J connectivity index is 1.96. The van der Waals surface area contributed by atoms with Crippen molar-refractivity contribution < 1.29 is 4.79 Å². The summed E-state index contributed by atoms with van der Waals surface area (Å²) in [5.74, 6) is 2.54. The number of carbonyl (C=O) groups excluding carboxylic acids is 1. The van der Waals surface area contributed by atoms with Crippen LogP contribution in [0.4, 0.5) is 0 Å². The van der Waals surface area contributed by atoms with Crippen LogP contribution in [0.3, 0.4) is 0 Å². The van der Waals surface area contributed by atoms with Gasteiger partial charge in [0, 0.05) is 11.8 Å². The van der Waals surface area contributed by atoms with Gasteiger partial charge in [0.1, 0.15) is 5.78 Å². The Morgan fingerprint density at radius 2 is 1.83 bits per heavy atom. The van der Waals surface area contributed by atoms with Gasteiger partial charge in [-0.1, -0.05) is 77.3 Å². The molecule has 0 spiro atoms. The smallest absolute Gasteiger partial charge is 0.139 e. The Kier molecular flexibility index (Phi) is 6.44. The SMILES string of the molecule is CC(C)CCC[C@@H](C)[C@H]1CCC(=O)[C@]1(C)CCc1ccccc1. The number of carbonyl (C=O) groups is 1. The molecule has 2 rings (SSSR count). The normalized spacial score (nSPS) is 26.0. The predicted molar refractivity (Wildman–Crippen MR) is 98.5 cm³/mol. The van der Waals surface area contributed by atoms with Crippen LogP contribution in [0.5, 0.6) is 0 Å². The molecule has 1 heteroatoms. The molecule has 1 fully saturated rings. The fourth-order valence-electron chi connectivity index (χ4n) is 4.43. The zero-order valence-electron chi connectivity index (χ0n) is 15.5. The van der Waals surface area contributed by atoms with Crippen molar-refractivity contribution in [3.8, 4) is 0 Å². The van der Waals surface area contributed by atoms with E-state index in [9.17, 15) is 4.79 Å². The zero-order valence-corrected chi connectivity index (χ0v) is 15.5. The van der Waals surface area contributed by atoms with E-state index in [4.69, 9.17) is 0 Å². The minimum Gasteiger partial charge on any atom is -0.299 e. The topological polar surface area (TPSA) is 17.1 Å². The van der Waals surface area contributed by atoms with Gasteiger partial charge >= 0.3 is 0 Å². The van der Waals surface area contributed by atoms with Crippen LogP contribution in [0, 0.1) is 23.2 Å². The van der Waals surface area contributed by atoms with Gasteiger partial charge in [0.2, 0.25) is 0 Å². The Morgan fingerprint density at radius 3 is 2.48 bits per heavy atom. The predicted octanol–water partition coefficient (Wildman–Crippen LogP) is 6.07. The Hall–Kier alpha value is -1.11. The second-order valence-corrected chi connectivity index (χ2v) is 8.27. The van der Waals surface area contributed by atoms with Crippen molar-refractivity contribution in [1.82, 2.24) is 0 Å². The van der Waals surface area contributed by atoms with E-state index >= 15 is 0 Å². The van der Waals surface area contributed by atoms with E-state index in [1.165, 1.54) is 24.8 Å². The molecule has 1 saturated carbocycles. The van der Waals surface area contributed by atoms with Crippen LogP contribution in [0.25, 0.3) is 0 Å². The van der Waals surface area contributed by atoms with Gasteiger partial charge in [-0.3, -0.25) is 4.79 Å². The Morgan fingerprint density at radius 1 is 1.13 bits per heavy atom. The van der Waals surface area contributed by atoms with Crippen LogP contribution in [0.2, 0.25) is 0 Å². The molecule has 1 aliphatic rings. The van der Waals surface area contributed by atoms with Crippen LogP contribution in [-0.4, -0.2) is 5.78 Å². The number of rotatable bonds is 8. The fraction of sp³-hybridized carbons (Fsp3) is 0.682. The lowest BCUT2D eigenvalue weighted by molar-refractivity contribution is -0.127.